The third kappa shape index (κ3) is 4.82. The minimum Gasteiger partial charge on any atom is -0.504 e. The molecule has 2 aromatic rings. The van der Waals surface area contributed by atoms with Crippen LogP contribution in [0.3, 0.4) is 0 Å². The summed E-state index contributed by atoms with van der Waals surface area (Å²) in [7, 11) is 0. The van der Waals surface area contributed by atoms with E-state index in [1.807, 2.05) is 0 Å². The maximum atomic E-state index is 11.3. The summed E-state index contributed by atoms with van der Waals surface area (Å²) < 4.78 is 2.00. The van der Waals surface area contributed by atoms with Crippen LogP contribution in [0.5, 0.6) is 11.5 Å². The Kier molecular flexibility index (Phi) is 7.57. The molecule has 1 amide bonds. The lowest BCUT2D eigenvalue weighted by molar-refractivity contribution is -0.114. The third-order valence-electron chi connectivity index (χ3n) is 4.24. The van der Waals surface area contributed by atoms with Gasteiger partial charge >= 0.3 is 0 Å². The Bertz CT molecular complexity index is 822. The maximum absolute atomic E-state index is 11.3. The monoisotopic (exact) mass is 644 g/mol. The molecular weight excluding hydrogens is 626 g/mol. The summed E-state index contributed by atoms with van der Waals surface area (Å²) >= 11 is 4.47. The first-order valence-corrected chi connectivity index (χ1v) is 10.0. The highest BCUT2D eigenvalue weighted by molar-refractivity contribution is 14.1. The quantitative estimate of drug-likeness (QED) is 0.297. The van der Waals surface area contributed by atoms with Crippen molar-refractivity contribution >= 4 is 73.8 Å². The van der Waals surface area contributed by atoms with Gasteiger partial charge in [-0.15, -0.1) is 17.0 Å². The molecule has 0 aliphatic carbocycles. The van der Waals surface area contributed by atoms with Crippen molar-refractivity contribution in [2.75, 3.05) is 11.9 Å². The van der Waals surface area contributed by atoms with E-state index in [1.165, 1.54) is 6.92 Å². The molecule has 140 valence electrons. The van der Waals surface area contributed by atoms with Gasteiger partial charge in [-0.2, -0.15) is 0 Å². The Morgan fingerprint density at radius 1 is 1.19 bits per heavy atom. The fourth-order valence-electron chi connectivity index (χ4n) is 3.12. The van der Waals surface area contributed by atoms with Gasteiger partial charge in [-0.25, -0.2) is 0 Å². The van der Waals surface area contributed by atoms with Crippen LogP contribution in [0, 0.1) is 7.14 Å². The number of carbonyl (C=O) groups is 1. The molecule has 0 bridgehead atoms. The highest BCUT2D eigenvalue weighted by Crippen LogP contribution is 2.36. The Balaban J connectivity index is 0.00000243. The minimum absolute atomic E-state index is 0. The second-order valence-electron chi connectivity index (χ2n) is 6.12. The normalized spacial score (nSPS) is 15.7. The van der Waals surface area contributed by atoms with Crippen LogP contribution in [0.15, 0.2) is 24.3 Å². The van der Waals surface area contributed by atoms with E-state index in [1.54, 1.807) is 12.1 Å². The fraction of sp³-hybridized carbons (Fsp3) is 0.278. The van der Waals surface area contributed by atoms with Gasteiger partial charge in [0.25, 0.3) is 0 Å². The number of phenols is 2. The smallest absolute Gasteiger partial charge is 0.221 e. The zero-order valence-corrected chi connectivity index (χ0v) is 20.0. The van der Waals surface area contributed by atoms with Crippen LogP contribution < -0.4 is 10.6 Å². The van der Waals surface area contributed by atoms with Crippen LogP contribution in [0.25, 0.3) is 0 Å². The van der Waals surface area contributed by atoms with Gasteiger partial charge in [0, 0.05) is 20.1 Å². The van der Waals surface area contributed by atoms with E-state index in [-0.39, 0.29) is 40.4 Å². The van der Waals surface area contributed by atoms with E-state index in [0.29, 0.717) is 0 Å². The Hall–Kier alpha value is -0.590. The number of carbonyl (C=O) groups excluding carboxylic acids is 1. The first-order chi connectivity index (χ1) is 11.8. The molecule has 1 heterocycles. The highest BCUT2D eigenvalue weighted by atomic mass is 127. The van der Waals surface area contributed by atoms with Crippen molar-refractivity contribution in [3.8, 4) is 11.5 Å². The second-order valence-corrected chi connectivity index (χ2v) is 8.44. The molecule has 8 heteroatoms. The first kappa shape index (κ1) is 21.7. The number of halogens is 3. The highest BCUT2D eigenvalue weighted by Gasteiger charge is 2.22. The lowest BCUT2D eigenvalue weighted by Crippen LogP contribution is -2.31. The minimum atomic E-state index is -0.0855. The van der Waals surface area contributed by atoms with Gasteiger partial charge < -0.3 is 20.8 Å². The Morgan fingerprint density at radius 2 is 1.81 bits per heavy atom. The molecule has 0 fully saturated rings. The number of hydrogen-bond donors (Lipinski definition) is 4. The molecule has 1 aliphatic heterocycles. The average molecular weight is 645 g/mol. The van der Waals surface area contributed by atoms with Gasteiger partial charge in [-0.3, -0.25) is 4.79 Å². The van der Waals surface area contributed by atoms with E-state index in [9.17, 15) is 15.0 Å². The number of anilines is 1. The van der Waals surface area contributed by atoms with E-state index in [0.717, 1.165) is 48.9 Å². The molecule has 1 unspecified atom stereocenters. The van der Waals surface area contributed by atoms with E-state index in [4.69, 9.17) is 0 Å². The summed E-state index contributed by atoms with van der Waals surface area (Å²) in [4.78, 5) is 11.3. The van der Waals surface area contributed by atoms with Crippen molar-refractivity contribution in [2.24, 2.45) is 0 Å². The topological polar surface area (TPSA) is 81.6 Å². The number of fused-ring (bicyclic) bond motifs is 1. The molecule has 0 saturated carbocycles. The summed E-state index contributed by atoms with van der Waals surface area (Å²) in [6, 6.07) is 7.54. The number of aromatic hydroxyl groups is 2. The number of amides is 1. The SMILES string of the molecule is Br.CC(=O)Nc1c(I)cc(CC2NCCc3cc(O)c(O)cc32)cc1I. The van der Waals surface area contributed by atoms with Crippen molar-refractivity contribution in [1.29, 1.82) is 0 Å². The average Bonchev–Trinajstić information content (AvgIpc) is 2.53. The zero-order valence-electron chi connectivity index (χ0n) is 14.0. The summed E-state index contributed by atoms with van der Waals surface area (Å²) in [6.07, 6.45) is 1.60. The van der Waals surface area contributed by atoms with E-state index in [2.05, 4.69) is 67.9 Å². The number of hydrogen-bond acceptors (Lipinski definition) is 4. The second kappa shape index (κ2) is 9.07. The third-order valence-corrected chi connectivity index (χ3v) is 5.94. The lowest BCUT2D eigenvalue weighted by Gasteiger charge is -2.28. The fourth-order valence-corrected chi connectivity index (χ4v) is 5.29. The van der Waals surface area contributed by atoms with E-state index < -0.39 is 0 Å². The van der Waals surface area contributed by atoms with Gasteiger partial charge in [-0.1, -0.05) is 0 Å². The van der Waals surface area contributed by atoms with Crippen molar-refractivity contribution in [2.45, 2.75) is 25.8 Å². The number of rotatable bonds is 3. The molecule has 26 heavy (non-hydrogen) atoms. The van der Waals surface area contributed by atoms with Crippen molar-refractivity contribution in [1.82, 2.24) is 5.32 Å². The molecule has 5 nitrogen and oxygen atoms in total. The van der Waals surface area contributed by atoms with Crippen LogP contribution in [-0.2, 0) is 17.6 Å². The number of nitrogens with one attached hydrogen (secondary N) is 2. The van der Waals surface area contributed by atoms with Gasteiger partial charge in [-0.05, 0) is 106 Å². The van der Waals surface area contributed by atoms with Gasteiger partial charge in [0.15, 0.2) is 11.5 Å². The van der Waals surface area contributed by atoms with Gasteiger partial charge in [0.05, 0.1) is 5.69 Å². The zero-order chi connectivity index (χ0) is 18.1. The Morgan fingerprint density at radius 3 is 2.42 bits per heavy atom. The largest absolute Gasteiger partial charge is 0.504 e. The molecule has 4 N–H and O–H groups in total. The molecule has 2 aromatic carbocycles. The lowest BCUT2D eigenvalue weighted by atomic mass is 9.90. The Labute approximate surface area is 190 Å². The van der Waals surface area contributed by atoms with Crippen LogP contribution in [-0.4, -0.2) is 22.7 Å². The summed E-state index contributed by atoms with van der Waals surface area (Å²) in [5.41, 5.74) is 4.09. The van der Waals surface area contributed by atoms with Crippen molar-refractivity contribution in [3.63, 3.8) is 0 Å². The van der Waals surface area contributed by atoms with Gasteiger partial charge in [0.1, 0.15) is 0 Å². The molecule has 1 atom stereocenters. The molecule has 0 radical (unpaired) electrons. The first-order valence-electron chi connectivity index (χ1n) is 7.88. The number of benzene rings is 2. The molecule has 1 aliphatic rings. The van der Waals surface area contributed by atoms with Crippen molar-refractivity contribution < 1.29 is 15.0 Å². The maximum Gasteiger partial charge on any atom is 0.221 e. The molecular formula is C18H19BrI2N2O3. The predicted octanol–water partition coefficient (Wildman–Crippen LogP) is 4.27. The molecule has 3 rings (SSSR count). The van der Waals surface area contributed by atoms with Crippen LogP contribution in [0.2, 0.25) is 0 Å². The molecule has 0 saturated heterocycles. The predicted molar refractivity (Wildman–Crippen MR) is 124 cm³/mol. The van der Waals surface area contributed by atoms with Crippen LogP contribution >= 0.6 is 62.2 Å². The summed E-state index contributed by atoms with van der Waals surface area (Å²) in [5, 5.41) is 25.9. The molecule has 0 spiro atoms. The summed E-state index contributed by atoms with van der Waals surface area (Å²) in [6.45, 7) is 2.34. The van der Waals surface area contributed by atoms with Crippen molar-refractivity contribution in [3.05, 3.63) is 48.1 Å². The number of phenolic OH excluding ortho intramolecular Hbond substituents is 2. The van der Waals surface area contributed by atoms with Gasteiger partial charge in [0.2, 0.25) is 5.91 Å². The molecule has 0 aromatic heterocycles. The standard InChI is InChI=1S/C18H18I2N2O3.BrH/c1-9(23)22-18-13(19)4-10(5-14(18)20)6-15-12-8-17(25)16(24)7-11(12)2-3-21-15;/h4-5,7-8,15,21,24-25H,2-3,6H2,1H3,(H,22,23);1H. The summed E-state index contributed by atoms with van der Waals surface area (Å²) in [5.74, 6) is -0.234. The van der Waals surface area contributed by atoms with Crippen LogP contribution in [0.1, 0.15) is 29.7 Å². The van der Waals surface area contributed by atoms with Crippen LogP contribution in [0.4, 0.5) is 5.69 Å². The van der Waals surface area contributed by atoms with E-state index >= 15 is 0 Å².